The van der Waals surface area contributed by atoms with E-state index in [1.54, 1.807) is 12.4 Å². The Morgan fingerprint density at radius 1 is 1.28 bits per heavy atom. The van der Waals surface area contributed by atoms with Crippen LogP contribution in [0.5, 0.6) is 0 Å². The molecule has 0 aliphatic rings. The standard InChI is InChI=1S/C11H13NO3S3/c1-12(7-9-3-2-5-16-9)18(14,15)11-4-6-17-10(11)8-13/h2-6,13H,7-8H2,1H3. The van der Waals surface area contributed by atoms with E-state index in [1.807, 2.05) is 17.5 Å². The number of aliphatic hydroxyl groups excluding tert-OH is 1. The van der Waals surface area contributed by atoms with Gasteiger partial charge < -0.3 is 5.11 Å². The first-order valence-electron chi connectivity index (χ1n) is 5.21. The van der Waals surface area contributed by atoms with Crippen LogP contribution < -0.4 is 0 Å². The van der Waals surface area contributed by atoms with E-state index >= 15 is 0 Å². The van der Waals surface area contributed by atoms with E-state index in [1.165, 1.54) is 33.0 Å². The Morgan fingerprint density at radius 3 is 2.67 bits per heavy atom. The Labute approximate surface area is 114 Å². The smallest absolute Gasteiger partial charge is 0.244 e. The van der Waals surface area contributed by atoms with Crippen LogP contribution in [0, 0.1) is 0 Å². The van der Waals surface area contributed by atoms with E-state index < -0.39 is 10.0 Å². The van der Waals surface area contributed by atoms with E-state index in [9.17, 15) is 8.42 Å². The van der Waals surface area contributed by atoms with Gasteiger partial charge >= 0.3 is 0 Å². The van der Waals surface area contributed by atoms with E-state index in [0.717, 1.165) is 4.88 Å². The Kier molecular flexibility index (Phi) is 4.18. The number of hydrogen-bond acceptors (Lipinski definition) is 5. The van der Waals surface area contributed by atoms with Crippen LogP contribution in [-0.4, -0.2) is 24.9 Å². The quantitative estimate of drug-likeness (QED) is 0.920. The van der Waals surface area contributed by atoms with Gasteiger partial charge in [0.05, 0.1) is 11.5 Å². The van der Waals surface area contributed by atoms with Crippen molar-refractivity contribution in [3.8, 4) is 0 Å². The molecule has 0 radical (unpaired) electrons. The van der Waals surface area contributed by atoms with E-state index in [-0.39, 0.29) is 11.5 Å². The van der Waals surface area contributed by atoms with Gasteiger partial charge in [-0.1, -0.05) is 6.07 Å². The zero-order chi connectivity index (χ0) is 13.2. The maximum atomic E-state index is 12.3. The van der Waals surface area contributed by atoms with Crippen LogP contribution in [0.25, 0.3) is 0 Å². The Balaban J connectivity index is 2.26. The lowest BCUT2D eigenvalue weighted by molar-refractivity contribution is 0.282. The van der Waals surface area contributed by atoms with Crippen LogP contribution in [0.3, 0.4) is 0 Å². The third-order valence-corrected chi connectivity index (χ3v) is 6.28. The van der Waals surface area contributed by atoms with E-state index in [2.05, 4.69) is 0 Å². The van der Waals surface area contributed by atoms with E-state index in [4.69, 9.17) is 5.11 Å². The molecule has 0 aromatic carbocycles. The average Bonchev–Trinajstić information content (AvgIpc) is 2.98. The molecular weight excluding hydrogens is 290 g/mol. The maximum Gasteiger partial charge on any atom is 0.244 e. The summed E-state index contributed by atoms with van der Waals surface area (Å²) in [4.78, 5) is 1.67. The van der Waals surface area contributed by atoms with Gasteiger partial charge in [0.15, 0.2) is 0 Å². The second kappa shape index (κ2) is 5.50. The molecule has 2 heterocycles. The molecule has 0 amide bonds. The van der Waals surface area contributed by atoms with Gasteiger partial charge in [0.25, 0.3) is 0 Å². The fourth-order valence-corrected chi connectivity index (χ4v) is 4.80. The van der Waals surface area contributed by atoms with Gasteiger partial charge in [-0.15, -0.1) is 22.7 Å². The summed E-state index contributed by atoms with van der Waals surface area (Å²) in [6.45, 7) is 0.0970. The van der Waals surface area contributed by atoms with Crippen molar-refractivity contribution < 1.29 is 13.5 Å². The lowest BCUT2D eigenvalue weighted by Crippen LogP contribution is -2.26. The molecule has 0 atom stereocenters. The lowest BCUT2D eigenvalue weighted by atomic mass is 10.5. The minimum atomic E-state index is -3.52. The van der Waals surface area contributed by atoms with E-state index in [0.29, 0.717) is 11.4 Å². The highest BCUT2D eigenvalue weighted by molar-refractivity contribution is 7.89. The molecule has 18 heavy (non-hydrogen) atoms. The summed E-state index contributed by atoms with van der Waals surface area (Å²) in [7, 11) is -1.97. The monoisotopic (exact) mass is 303 g/mol. The summed E-state index contributed by atoms with van der Waals surface area (Å²) in [5.74, 6) is 0. The average molecular weight is 303 g/mol. The summed E-state index contributed by atoms with van der Waals surface area (Å²) < 4.78 is 26.0. The second-order valence-corrected chi connectivity index (χ2v) is 7.75. The zero-order valence-corrected chi connectivity index (χ0v) is 12.2. The summed E-state index contributed by atoms with van der Waals surface area (Å²) >= 11 is 2.77. The number of aliphatic hydroxyl groups is 1. The van der Waals surface area contributed by atoms with Crippen LogP contribution in [0.15, 0.2) is 33.9 Å². The molecule has 0 aliphatic heterocycles. The summed E-state index contributed by atoms with van der Waals surface area (Å²) in [6.07, 6.45) is 0. The van der Waals surface area contributed by atoms with Gasteiger partial charge in [-0.05, 0) is 22.9 Å². The Hall–Kier alpha value is -0.730. The van der Waals surface area contributed by atoms with Crippen LogP contribution in [0.4, 0.5) is 0 Å². The van der Waals surface area contributed by atoms with Crippen LogP contribution in [0.2, 0.25) is 0 Å². The topological polar surface area (TPSA) is 57.6 Å². The molecule has 4 nitrogen and oxygen atoms in total. The first kappa shape index (κ1) is 13.7. The van der Waals surface area contributed by atoms with Gasteiger partial charge in [0.2, 0.25) is 10.0 Å². The zero-order valence-electron chi connectivity index (χ0n) is 9.74. The van der Waals surface area contributed by atoms with Gasteiger partial charge in [0.1, 0.15) is 0 Å². The van der Waals surface area contributed by atoms with Crippen molar-refractivity contribution in [1.82, 2.24) is 4.31 Å². The number of sulfonamides is 1. The van der Waals surface area contributed by atoms with Crippen molar-refractivity contribution in [2.24, 2.45) is 0 Å². The predicted octanol–water partition coefficient (Wildman–Crippen LogP) is 2.12. The first-order chi connectivity index (χ1) is 8.55. The first-order valence-corrected chi connectivity index (χ1v) is 8.41. The number of hydrogen-bond donors (Lipinski definition) is 1. The molecule has 2 aromatic rings. The molecule has 0 fully saturated rings. The van der Waals surface area contributed by atoms with Crippen molar-refractivity contribution in [2.45, 2.75) is 18.0 Å². The van der Waals surface area contributed by atoms with Crippen molar-refractivity contribution in [1.29, 1.82) is 0 Å². The fourth-order valence-electron chi connectivity index (χ4n) is 1.55. The largest absolute Gasteiger partial charge is 0.391 e. The van der Waals surface area contributed by atoms with Gasteiger partial charge in [-0.2, -0.15) is 4.31 Å². The molecule has 0 unspecified atom stereocenters. The second-order valence-electron chi connectivity index (χ2n) is 3.71. The minimum absolute atomic E-state index is 0.203. The third-order valence-electron chi connectivity index (χ3n) is 2.49. The highest BCUT2D eigenvalue weighted by Crippen LogP contribution is 2.26. The summed E-state index contributed by atoms with van der Waals surface area (Å²) in [5, 5.41) is 12.7. The number of thiophene rings is 2. The molecule has 0 bridgehead atoms. The molecular formula is C11H13NO3S3. The molecule has 0 aliphatic carbocycles. The van der Waals surface area contributed by atoms with Crippen molar-refractivity contribution in [2.75, 3.05) is 7.05 Å². The highest BCUT2D eigenvalue weighted by Gasteiger charge is 2.24. The molecule has 98 valence electrons. The molecule has 2 rings (SSSR count). The Morgan fingerprint density at radius 2 is 2.06 bits per heavy atom. The van der Waals surface area contributed by atoms with Crippen LogP contribution in [-0.2, 0) is 23.2 Å². The van der Waals surface area contributed by atoms with Crippen molar-refractivity contribution in [3.05, 3.63) is 38.7 Å². The predicted molar refractivity (Wildman–Crippen MR) is 73.2 cm³/mol. The van der Waals surface area contributed by atoms with Crippen LogP contribution >= 0.6 is 22.7 Å². The molecule has 0 saturated carbocycles. The highest BCUT2D eigenvalue weighted by atomic mass is 32.2. The summed E-state index contributed by atoms with van der Waals surface area (Å²) in [5.41, 5.74) is 0. The summed E-state index contributed by atoms with van der Waals surface area (Å²) in [6, 6.07) is 5.33. The molecule has 1 N–H and O–H groups in total. The molecule has 0 spiro atoms. The SMILES string of the molecule is CN(Cc1cccs1)S(=O)(=O)c1ccsc1CO. The molecule has 0 saturated heterocycles. The number of nitrogens with zero attached hydrogens (tertiary/aromatic N) is 1. The lowest BCUT2D eigenvalue weighted by Gasteiger charge is -2.16. The normalized spacial score (nSPS) is 12.2. The Bertz CT molecular complexity index is 601. The fraction of sp³-hybridized carbons (Fsp3) is 0.273. The van der Waals surface area contributed by atoms with Crippen molar-refractivity contribution >= 4 is 32.7 Å². The third kappa shape index (κ3) is 2.65. The van der Waals surface area contributed by atoms with Gasteiger partial charge in [0, 0.05) is 23.3 Å². The number of rotatable bonds is 5. The van der Waals surface area contributed by atoms with Crippen LogP contribution in [0.1, 0.15) is 9.75 Å². The molecule has 7 heteroatoms. The minimum Gasteiger partial charge on any atom is -0.391 e. The maximum absolute atomic E-state index is 12.3. The van der Waals surface area contributed by atoms with Gasteiger partial charge in [-0.25, -0.2) is 8.42 Å². The van der Waals surface area contributed by atoms with Gasteiger partial charge in [-0.3, -0.25) is 0 Å². The van der Waals surface area contributed by atoms with Crippen molar-refractivity contribution in [3.63, 3.8) is 0 Å². The molecule has 2 aromatic heterocycles.